The molecule has 1 unspecified atom stereocenters. The number of nitrogens with zero attached hydrogens (tertiary/aromatic N) is 1. The summed E-state index contributed by atoms with van der Waals surface area (Å²) in [6.07, 6.45) is 1.27. The van der Waals surface area contributed by atoms with Gasteiger partial charge in [-0.25, -0.2) is 4.79 Å². The first-order chi connectivity index (χ1) is 8.41. The van der Waals surface area contributed by atoms with Crippen molar-refractivity contribution in [1.82, 2.24) is 10.2 Å². The monoisotopic (exact) mass is 254 g/mol. The molecule has 0 fully saturated rings. The van der Waals surface area contributed by atoms with Crippen LogP contribution in [0.3, 0.4) is 0 Å². The highest BCUT2D eigenvalue weighted by Gasteiger charge is 2.15. The number of carbonyl (C=O) groups is 1. The molecule has 0 spiro atoms. The Morgan fingerprint density at radius 1 is 1.50 bits per heavy atom. The Bertz CT molecular complexity index is 377. The van der Waals surface area contributed by atoms with Crippen LogP contribution in [-0.2, 0) is 6.54 Å². The fourth-order valence-corrected chi connectivity index (χ4v) is 1.94. The lowest BCUT2D eigenvalue weighted by molar-refractivity contribution is 0.0696. The lowest BCUT2D eigenvalue weighted by atomic mass is 10.0. The van der Waals surface area contributed by atoms with E-state index >= 15 is 0 Å². The van der Waals surface area contributed by atoms with Gasteiger partial charge in [0.25, 0.3) is 0 Å². The summed E-state index contributed by atoms with van der Waals surface area (Å²) in [5.74, 6) is 0.241. The summed E-state index contributed by atoms with van der Waals surface area (Å²) in [5.41, 5.74) is 0.194. The maximum Gasteiger partial charge on any atom is 0.338 e. The number of aromatic carboxylic acids is 1. The van der Waals surface area contributed by atoms with Crippen LogP contribution in [0.2, 0.25) is 0 Å². The van der Waals surface area contributed by atoms with E-state index in [1.54, 1.807) is 6.07 Å². The zero-order valence-corrected chi connectivity index (χ0v) is 11.4. The van der Waals surface area contributed by atoms with Gasteiger partial charge in [0.1, 0.15) is 12.0 Å². The van der Waals surface area contributed by atoms with E-state index in [0.717, 1.165) is 6.54 Å². The number of furan rings is 1. The molecule has 1 atom stereocenters. The highest BCUT2D eigenvalue weighted by atomic mass is 16.4. The summed E-state index contributed by atoms with van der Waals surface area (Å²) in [5, 5.41) is 12.1. The Balaban J connectivity index is 2.42. The summed E-state index contributed by atoms with van der Waals surface area (Å²) in [6.45, 7) is 5.75. The fraction of sp³-hybridized carbons (Fsp3) is 0.615. The molecule has 1 heterocycles. The molecule has 1 aromatic rings. The lowest BCUT2D eigenvalue weighted by Gasteiger charge is -2.28. The molecular weight excluding hydrogens is 232 g/mol. The lowest BCUT2D eigenvalue weighted by Crippen LogP contribution is -2.41. The molecular formula is C13H22N2O3. The van der Waals surface area contributed by atoms with Crippen LogP contribution < -0.4 is 5.32 Å². The molecule has 1 rings (SSSR count). The van der Waals surface area contributed by atoms with Crippen molar-refractivity contribution in [1.29, 1.82) is 0 Å². The van der Waals surface area contributed by atoms with Gasteiger partial charge < -0.3 is 19.7 Å². The first kappa shape index (κ1) is 14.7. The van der Waals surface area contributed by atoms with Crippen molar-refractivity contribution < 1.29 is 14.3 Å². The molecule has 5 heteroatoms. The Morgan fingerprint density at radius 3 is 2.61 bits per heavy atom. The van der Waals surface area contributed by atoms with E-state index in [9.17, 15) is 4.79 Å². The van der Waals surface area contributed by atoms with Gasteiger partial charge in [0.2, 0.25) is 0 Å². The minimum absolute atomic E-state index is 0.194. The van der Waals surface area contributed by atoms with Crippen molar-refractivity contribution in [3.05, 3.63) is 23.7 Å². The van der Waals surface area contributed by atoms with Crippen molar-refractivity contribution in [2.24, 2.45) is 5.92 Å². The van der Waals surface area contributed by atoms with Gasteiger partial charge in [0, 0.05) is 12.6 Å². The summed E-state index contributed by atoms with van der Waals surface area (Å²) in [7, 11) is 4.11. The summed E-state index contributed by atoms with van der Waals surface area (Å²) < 4.78 is 5.17. The Kier molecular flexibility index (Phi) is 5.37. The van der Waals surface area contributed by atoms with Crippen LogP contribution in [0.25, 0.3) is 0 Å². The first-order valence-electron chi connectivity index (χ1n) is 6.09. The molecule has 0 saturated carbocycles. The van der Waals surface area contributed by atoms with Crippen molar-refractivity contribution in [3.8, 4) is 0 Å². The van der Waals surface area contributed by atoms with Gasteiger partial charge in [-0.05, 0) is 26.1 Å². The van der Waals surface area contributed by atoms with Gasteiger partial charge in [0.05, 0.1) is 12.1 Å². The molecule has 5 nitrogen and oxygen atoms in total. The second kappa shape index (κ2) is 6.56. The zero-order chi connectivity index (χ0) is 13.7. The van der Waals surface area contributed by atoms with Crippen LogP contribution >= 0.6 is 0 Å². The molecule has 1 aromatic heterocycles. The van der Waals surface area contributed by atoms with Crippen LogP contribution in [0, 0.1) is 5.92 Å². The van der Waals surface area contributed by atoms with Crippen molar-refractivity contribution in [2.45, 2.75) is 26.4 Å². The van der Waals surface area contributed by atoms with Gasteiger partial charge >= 0.3 is 5.97 Å². The summed E-state index contributed by atoms with van der Waals surface area (Å²) >= 11 is 0. The van der Waals surface area contributed by atoms with Crippen LogP contribution in [0.5, 0.6) is 0 Å². The Morgan fingerprint density at radius 2 is 2.17 bits per heavy atom. The van der Waals surface area contributed by atoms with Gasteiger partial charge in [-0.3, -0.25) is 0 Å². The zero-order valence-electron chi connectivity index (χ0n) is 11.4. The molecule has 2 N–H and O–H groups in total. The number of nitrogens with one attached hydrogen (secondary N) is 1. The van der Waals surface area contributed by atoms with Crippen LogP contribution in [-0.4, -0.2) is 42.7 Å². The normalized spacial score (nSPS) is 13.2. The van der Waals surface area contributed by atoms with E-state index < -0.39 is 5.97 Å². The van der Waals surface area contributed by atoms with E-state index in [2.05, 4.69) is 38.2 Å². The highest BCUT2D eigenvalue weighted by molar-refractivity contribution is 5.87. The molecule has 0 radical (unpaired) electrons. The molecule has 0 amide bonds. The molecule has 102 valence electrons. The fourth-order valence-electron chi connectivity index (χ4n) is 1.94. The van der Waals surface area contributed by atoms with Crippen molar-refractivity contribution >= 4 is 5.97 Å². The predicted octanol–water partition coefficient (Wildman–Crippen LogP) is 1.65. The smallest absolute Gasteiger partial charge is 0.338 e. The minimum atomic E-state index is -0.960. The van der Waals surface area contributed by atoms with Crippen molar-refractivity contribution in [2.75, 3.05) is 20.6 Å². The largest absolute Gasteiger partial charge is 0.478 e. The average Bonchev–Trinajstić information content (AvgIpc) is 2.71. The van der Waals surface area contributed by atoms with Gasteiger partial charge in [-0.1, -0.05) is 13.8 Å². The standard InChI is InChI=1S/C13H22N2O3/c1-9(2)12(15(3)4)7-14-6-11-5-10(8-18-11)13(16)17/h5,8-9,12,14H,6-7H2,1-4H3,(H,16,17). The molecule has 0 bridgehead atoms. The number of hydrogen-bond acceptors (Lipinski definition) is 4. The molecule has 18 heavy (non-hydrogen) atoms. The van der Waals surface area contributed by atoms with E-state index in [-0.39, 0.29) is 5.56 Å². The van der Waals surface area contributed by atoms with E-state index in [1.165, 1.54) is 6.26 Å². The van der Waals surface area contributed by atoms with Gasteiger partial charge in [-0.2, -0.15) is 0 Å². The van der Waals surface area contributed by atoms with E-state index in [0.29, 0.717) is 24.3 Å². The van der Waals surface area contributed by atoms with Crippen LogP contribution in [0.1, 0.15) is 30.0 Å². The Hall–Kier alpha value is -1.33. The number of carboxylic acid groups (broad SMARTS) is 1. The second-order valence-electron chi connectivity index (χ2n) is 5.01. The number of carboxylic acids is 1. The molecule has 0 aromatic carbocycles. The van der Waals surface area contributed by atoms with Crippen LogP contribution in [0.15, 0.2) is 16.7 Å². The average molecular weight is 254 g/mol. The molecule has 0 aliphatic heterocycles. The number of likely N-dealkylation sites (N-methyl/N-ethyl adjacent to an activating group) is 1. The third kappa shape index (κ3) is 4.16. The van der Waals surface area contributed by atoms with Gasteiger partial charge in [-0.15, -0.1) is 0 Å². The molecule has 0 saturated heterocycles. The number of rotatable bonds is 7. The third-order valence-corrected chi connectivity index (χ3v) is 2.99. The minimum Gasteiger partial charge on any atom is -0.478 e. The molecule has 0 aliphatic rings. The number of hydrogen-bond donors (Lipinski definition) is 2. The third-order valence-electron chi connectivity index (χ3n) is 2.99. The predicted molar refractivity (Wildman–Crippen MR) is 69.7 cm³/mol. The van der Waals surface area contributed by atoms with E-state index in [4.69, 9.17) is 9.52 Å². The maximum atomic E-state index is 10.7. The van der Waals surface area contributed by atoms with Crippen LogP contribution in [0.4, 0.5) is 0 Å². The SMILES string of the molecule is CC(C)C(CNCc1cc(C(=O)O)co1)N(C)C. The topological polar surface area (TPSA) is 65.7 Å². The quantitative estimate of drug-likeness (QED) is 0.774. The second-order valence-corrected chi connectivity index (χ2v) is 5.01. The summed E-state index contributed by atoms with van der Waals surface area (Å²) in [6, 6.07) is 1.99. The maximum absolute atomic E-state index is 10.7. The van der Waals surface area contributed by atoms with Gasteiger partial charge in [0.15, 0.2) is 0 Å². The van der Waals surface area contributed by atoms with E-state index in [1.807, 2.05) is 0 Å². The Labute approximate surface area is 108 Å². The first-order valence-corrected chi connectivity index (χ1v) is 6.09. The molecule has 0 aliphatic carbocycles. The highest BCUT2D eigenvalue weighted by Crippen LogP contribution is 2.09. The summed E-state index contributed by atoms with van der Waals surface area (Å²) in [4.78, 5) is 12.9. The van der Waals surface area contributed by atoms with Crippen molar-refractivity contribution in [3.63, 3.8) is 0 Å².